The van der Waals surface area contributed by atoms with Crippen molar-refractivity contribution in [3.8, 4) is 0 Å². The average molecular weight is 284 g/mol. The van der Waals surface area contributed by atoms with Crippen LogP contribution >= 0.6 is 15.9 Å². The van der Waals surface area contributed by atoms with Crippen LogP contribution in [0, 0.1) is 6.92 Å². The van der Waals surface area contributed by atoms with Gasteiger partial charge in [-0.05, 0) is 43.5 Å². The highest BCUT2D eigenvalue weighted by molar-refractivity contribution is 9.10. The fraction of sp³-hybridized carbons (Fsp3) is 0.538. The zero-order chi connectivity index (χ0) is 11.5. The molecule has 0 amide bonds. The summed E-state index contributed by atoms with van der Waals surface area (Å²) in [5.74, 6) is 0. The molecule has 1 N–H and O–H groups in total. The molecule has 88 valence electrons. The molecule has 0 bridgehead atoms. The smallest absolute Gasteiger partial charge is 0.0587 e. The van der Waals surface area contributed by atoms with Gasteiger partial charge in [0.15, 0.2) is 0 Å². The van der Waals surface area contributed by atoms with Crippen LogP contribution in [0.15, 0.2) is 22.7 Å². The van der Waals surface area contributed by atoms with E-state index in [-0.39, 0.29) is 6.61 Å². The number of halogens is 1. The highest BCUT2D eigenvalue weighted by atomic mass is 79.9. The topological polar surface area (TPSA) is 23.5 Å². The first-order valence-electron chi connectivity index (χ1n) is 5.81. The van der Waals surface area contributed by atoms with Crippen LogP contribution < -0.4 is 0 Å². The van der Waals surface area contributed by atoms with Crippen LogP contribution in [0.3, 0.4) is 0 Å². The van der Waals surface area contributed by atoms with Gasteiger partial charge in [0.05, 0.1) is 6.61 Å². The fourth-order valence-electron chi connectivity index (χ4n) is 2.35. The summed E-state index contributed by atoms with van der Waals surface area (Å²) in [6.07, 6.45) is 2.34. The number of aliphatic hydroxyl groups is 1. The van der Waals surface area contributed by atoms with Gasteiger partial charge in [-0.15, -0.1) is 0 Å². The Balaban J connectivity index is 2.11. The number of benzene rings is 1. The largest absolute Gasteiger partial charge is 0.395 e. The minimum Gasteiger partial charge on any atom is -0.395 e. The van der Waals surface area contributed by atoms with E-state index in [1.807, 2.05) is 0 Å². The Hall–Kier alpha value is -0.380. The monoisotopic (exact) mass is 283 g/mol. The van der Waals surface area contributed by atoms with Crippen LogP contribution in [-0.2, 0) is 6.54 Å². The number of aliphatic hydroxyl groups excluding tert-OH is 1. The van der Waals surface area contributed by atoms with Crippen LogP contribution in [-0.4, -0.2) is 29.2 Å². The summed E-state index contributed by atoms with van der Waals surface area (Å²) in [6.45, 7) is 4.49. The Bertz CT molecular complexity index is 367. The van der Waals surface area contributed by atoms with Crippen molar-refractivity contribution in [2.45, 2.75) is 32.4 Å². The van der Waals surface area contributed by atoms with E-state index in [1.54, 1.807) is 0 Å². The Morgan fingerprint density at radius 3 is 3.06 bits per heavy atom. The Morgan fingerprint density at radius 2 is 2.31 bits per heavy atom. The van der Waals surface area contributed by atoms with Gasteiger partial charge in [0, 0.05) is 17.1 Å². The van der Waals surface area contributed by atoms with Crippen molar-refractivity contribution in [1.82, 2.24) is 4.90 Å². The molecule has 0 aliphatic carbocycles. The van der Waals surface area contributed by atoms with Crippen molar-refractivity contribution in [2.24, 2.45) is 0 Å². The van der Waals surface area contributed by atoms with Gasteiger partial charge in [-0.2, -0.15) is 0 Å². The van der Waals surface area contributed by atoms with E-state index in [2.05, 4.69) is 46.0 Å². The molecule has 1 aliphatic rings. The van der Waals surface area contributed by atoms with Gasteiger partial charge in [0.25, 0.3) is 0 Å². The third kappa shape index (κ3) is 2.47. The zero-order valence-electron chi connectivity index (χ0n) is 9.62. The normalized spacial score (nSPS) is 21.6. The molecule has 2 rings (SSSR count). The lowest BCUT2D eigenvalue weighted by molar-refractivity contribution is 0.153. The molecular formula is C13H18BrNO. The molecule has 0 saturated carbocycles. The maximum absolute atomic E-state index is 9.29. The quantitative estimate of drug-likeness (QED) is 0.922. The summed E-state index contributed by atoms with van der Waals surface area (Å²) in [5.41, 5.74) is 2.67. The summed E-state index contributed by atoms with van der Waals surface area (Å²) in [4.78, 5) is 2.38. The molecule has 1 aromatic carbocycles. The highest BCUT2D eigenvalue weighted by Crippen LogP contribution is 2.24. The minimum absolute atomic E-state index is 0.285. The number of hydrogen-bond donors (Lipinski definition) is 1. The van der Waals surface area contributed by atoms with Gasteiger partial charge < -0.3 is 5.11 Å². The lowest BCUT2D eigenvalue weighted by Crippen LogP contribution is -2.31. The van der Waals surface area contributed by atoms with Gasteiger partial charge in [-0.1, -0.05) is 28.1 Å². The maximum atomic E-state index is 9.29. The Morgan fingerprint density at radius 1 is 1.50 bits per heavy atom. The van der Waals surface area contributed by atoms with Crippen molar-refractivity contribution in [3.63, 3.8) is 0 Å². The van der Waals surface area contributed by atoms with Gasteiger partial charge in [0.1, 0.15) is 0 Å². The number of likely N-dealkylation sites (tertiary alicyclic amines) is 1. The lowest BCUT2D eigenvalue weighted by Gasteiger charge is -2.23. The molecule has 1 atom stereocenters. The molecule has 3 heteroatoms. The van der Waals surface area contributed by atoms with Gasteiger partial charge in [-0.25, -0.2) is 0 Å². The maximum Gasteiger partial charge on any atom is 0.0587 e. The molecule has 0 radical (unpaired) electrons. The summed E-state index contributed by atoms with van der Waals surface area (Å²) < 4.78 is 1.17. The van der Waals surface area contributed by atoms with E-state index in [9.17, 15) is 5.11 Å². The molecule has 2 nitrogen and oxygen atoms in total. The molecule has 0 aromatic heterocycles. The summed E-state index contributed by atoms with van der Waals surface area (Å²) in [5, 5.41) is 9.29. The van der Waals surface area contributed by atoms with Crippen LogP contribution in [0.4, 0.5) is 0 Å². The molecule has 1 aliphatic heterocycles. The standard InChI is InChI=1S/C13H18BrNO/c1-10-11(4-2-6-13(10)14)8-15-7-3-5-12(15)9-16/h2,4,6,12,16H,3,5,7-9H2,1H3/t12-/m1/s1. The first kappa shape index (κ1) is 12.1. The van der Waals surface area contributed by atoms with Gasteiger partial charge in [-0.3, -0.25) is 4.90 Å². The van der Waals surface area contributed by atoms with E-state index in [4.69, 9.17) is 0 Å². The van der Waals surface area contributed by atoms with Crippen LogP contribution in [0.1, 0.15) is 24.0 Å². The number of rotatable bonds is 3. The second-order valence-electron chi connectivity index (χ2n) is 4.47. The van der Waals surface area contributed by atoms with Crippen LogP contribution in [0.2, 0.25) is 0 Å². The minimum atomic E-state index is 0.285. The molecule has 16 heavy (non-hydrogen) atoms. The van der Waals surface area contributed by atoms with E-state index in [1.165, 1.54) is 22.0 Å². The summed E-state index contributed by atoms with van der Waals surface area (Å²) >= 11 is 3.56. The summed E-state index contributed by atoms with van der Waals surface area (Å²) in [7, 11) is 0. The van der Waals surface area contributed by atoms with Crippen molar-refractivity contribution < 1.29 is 5.11 Å². The SMILES string of the molecule is Cc1c(Br)cccc1CN1CCC[C@@H]1CO. The van der Waals surface area contributed by atoms with Gasteiger partial charge in [0.2, 0.25) is 0 Å². The van der Waals surface area contributed by atoms with E-state index >= 15 is 0 Å². The van der Waals surface area contributed by atoms with E-state index in [0.717, 1.165) is 19.5 Å². The van der Waals surface area contributed by atoms with Crippen molar-refractivity contribution in [1.29, 1.82) is 0 Å². The zero-order valence-corrected chi connectivity index (χ0v) is 11.2. The van der Waals surface area contributed by atoms with Crippen LogP contribution in [0.5, 0.6) is 0 Å². The first-order chi connectivity index (χ1) is 7.72. The predicted octanol–water partition coefficient (Wildman–Crippen LogP) is 2.71. The van der Waals surface area contributed by atoms with E-state index < -0.39 is 0 Å². The van der Waals surface area contributed by atoms with Crippen molar-refractivity contribution in [2.75, 3.05) is 13.2 Å². The van der Waals surface area contributed by atoms with Gasteiger partial charge >= 0.3 is 0 Å². The lowest BCUT2D eigenvalue weighted by atomic mass is 10.1. The molecular weight excluding hydrogens is 266 g/mol. The Labute approximate surface area is 105 Å². The van der Waals surface area contributed by atoms with E-state index in [0.29, 0.717) is 6.04 Å². The first-order valence-corrected chi connectivity index (χ1v) is 6.60. The van der Waals surface area contributed by atoms with Crippen molar-refractivity contribution in [3.05, 3.63) is 33.8 Å². The van der Waals surface area contributed by atoms with Crippen LogP contribution in [0.25, 0.3) is 0 Å². The van der Waals surface area contributed by atoms with Crippen molar-refractivity contribution >= 4 is 15.9 Å². The number of nitrogens with zero attached hydrogens (tertiary/aromatic N) is 1. The third-order valence-electron chi connectivity index (χ3n) is 3.46. The fourth-order valence-corrected chi connectivity index (χ4v) is 2.76. The molecule has 1 fully saturated rings. The Kier molecular flexibility index (Phi) is 4.00. The second kappa shape index (κ2) is 5.30. The predicted molar refractivity (Wildman–Crippen MR) is 69.4 cm³/mol. The summed E-state index contributed by atoms with van der Waals surface area (Å²) in [6, 6.07) is 6.69. The molecule has 0 unspecified atom stereocenters. The molecule has 1 aromatic rings. The molecule has 1 saturated heterocycles. The molecule has 1 heterocycles. The molecule has 0 spiro atoms. The average Bonchev–Trinajstić information content (AvgIpc) is 2.72. The second-order valence-corrected chi connectivity index (χ2v) is 5.33. The highest BCUT2D eigenvalue weighted by Gasteiger charge is 2.23. The number of hydrogen-bond acceptors (Lipinski definition) is 2. The third-order valence-corrected chi connectivity index (χ3v) is 4.32.